The van der Waals surface area contributed by atoms with Gasteiger partial charge in [0.25, 0.3) is 0 Å². The first-order valence-corrected chi connectivity index (χ1v) is 20.8. The van der Waals surface area contributed by atoms with Crippen LogP contribution in [-0.4, -0.2) is 26.7 Å². The topological polar surface area (TPSA) is 58.7 Å². The molecule has 0 bridgehead atoms. The molecule has 4 nitrogen and oxygen atoms in total. The number of carbonyl (C=O) groups is 1. The molecule has 0 fully saturated rings. The number of aldehydes is 1. The third kappa shape index (κ3) is 18.9. The number of hydrogen-bond acceptors (Lipinski definition) is 5. The van der Waals surface area contributed by atoms with Crippen molar-refractivity contribution in [3.8, 4) is 6.07 Å². The van der Waals surface area contributed by atoms with E-state index in [4.69, 9.17) is 10.2 Å². The maximum atomic E-state index is 14.1. The Morgan fingerprint density at radius 1 is 1.06 bits per heavy atom. The first kappa shape index (κ1) is 46.6. The minimum atomic E-state index is -0.290. The minimum absolute atomic E-state index is 0.288. The molecule has 0 spiro atoms. The predicted molar refractivity (Wildman–Crippen MR) is 225 cm³/mol. The summed E-state index contributed by atoms with van der Waals surface area (Å²) in [5.74, 6) is 0.522. The van der Waals surface area contributed by atoms with Gasteiger partial charge in [0.15, 0.2) is 0 Å². The average molecular weight is 746 g/mol. The molecule has 0 aliphatic heterocycles. The molecule has 52 heavy (non-hydrogen) atoms. The SMILES string of the molecule is C=C(C)CC(C)SC.CCCC(CC)c1cccc(CC(C)Cc2ccc(C#N)cc2F)n1.CCCCc1cn(C)s1.Cc1ccc(C=O)cc1C. The quantitative estimate of drug-likeness (QED) is 0.0898. The Bertz CT molecular complexity index is 1640. The van der Waals surface area contributed by atoms with Crippen LogP contribution in [0, 0.1) is 36.9 Å². The number of carbonyl (C=O) groups excluding carboxylic acids is 1. The number of aryl methyl sites for hydroxylation is 4. The van der Waals surface area contributed by atoms with Crippen molar-refractivity contribution in [3.63, 3.8) is 0 Å². The summed E-state index contributed by atoms with van der Waals surface area (Å²) < 4.78 is 16.2. The standard InChI is InChI=1S/C22H27FN2.C9H10O.C7H13NS.C7H14S/c1-4-7-18(5-2)22-9-6-8-20(25-22)13-16(3)12-19-11-10-17(15-24)14-21(19)23;1-7-3-4-9(6-10)5-8(7)2;1-3-4-5-7-6-8(2)9-7;1-6(2)5-7(3)8-4/h6,8-11,14,16,18H,4-5,7,12-13H2,1-3H3;3-6H,1-2H3;6H,3-5H2,1-2H3;7H,1,5H2,2-4H3. The Morgan fingerprint density at radius 3 is 2.27 bits per heavy atom. The molecule has 2 heterocycles. The van der Waals surface area contributed by atoms with Gasteiger partial charge in [-0.1, -0.05) is 88.8 Å². The summed E-state index contributed by atoms with van der Waals surface area (Å²) in [6.45, 7) is 20.9. The lowest BCUT2D eigenvalue weighted by atomic mass is 9.93. The Kier molecular flexibility index (Phi) is 23.6. The van der Waals surface area contributed by atoms with E-state index in [1.165, 1.54) is 60.6 Å². The number of nitrogens with zero attached hydrogens (tertiary/aromatic N) is 3. The Morgan fingerprint density at radius 2 is 1.77 bits per heavy atom. The summed E-state index contributed by atoms with van der Waals surface area (Å²) in [5, 5.41) is 9.58. The van der Waals surface area contributed by atoms with Crippen LogP contribution in [0.4, 0.5) is 4.39 Å². The lowest BCUT2D eigenvalue weighted by Gasteiger charge is -2.16. The van der Waals surface area contributed by atoms with E-state index < -0.39 is 0 Å². The van der Waals surface area contributed by atoms with Gasteiger partial charge in [-0.05, 0) is 125 Å². The van der Waals surface area contributed by atoms with Crippen molar-refractivity contribution in [2.45, 2.75) is 124 Å². The van der Waals surface area contributed by atoms with Crippen LogP contribution in [0.1, 0.15) is 135 Å². The van der Waals surface area contributed by atoms with Gasteiger partial charge in [-0.2, -0.15) is 17.0 Å². The van der Waals surface area contributed by atoms with Gasteiger partial charge in [-0.25, -0.2) is 4.39 Å². The third-order valence-electron chi connectivity index (χ3n) is 8.75. The van der Waals surface area contributed by atoms with Crippen LogP contribution >= 0.6 is 23.3 Å². The van der Waals surface area contributed by atoms with Gasteiger partial charge in [0.1, 0.15) is 12.1 Å². The van der Waals surface area contributed by atoms with E-state index in [2.05, 4.69) is 89.8 Å². The number of benzene rings is 2. The maximum absolute atomic E-state index is 14.1. The highest BCUT2D eigenvalue weighted by Gasteiger charge is 2.13. The van der Waals surface area contributed by atoms with Crippen LogP contribution in [0.15, 0.2) is 72.9 Å². The number of nitriles is 1. The summed E-state index contributed by atoms with van der Waals surface area (Å²) in [5.41, 5.74) is 7.72. The number of aromatic nitrogens is 2. The fourth-order valence-electron chi connectivity index (χ4n) is 5.60. The van der Waals surface area contributed by atoms with Crippen molar-refractivity contribution < 1.29 is 9.18 Å². The molecule has 3 unspecified atom stereocenters. The average Bonchev–Trinajstić information content (AvgIpc) is 3.11. The number of hydrogen-bond donors (Lipinski definition) is 0. The van der Waals surface area contributed by atoms with Crippen molar-refractivity contribution in [2.75, 3.05) is 6.26 Å². The van der Waals surface area contributed by atoms with Crippen LogP contribution in [0.2, 0.25) is 0 Å². The molecule has 2 aromatic heterocycles. The number of rotatable bonds is 15. The normalized spacial score (nSPS) is 12.0. The lowest BCUT2D eigenvalue weighted by molar-refractivity contribution is 0.112. The number of thioether (sulfide) groups is 1. The zero-order valence-corrected chi connectivity index (χ0v) is 35.2. The second kappa shape index (κ2) is 26.3. The van der Waals surface area contributed by atoms with Gasteiger partial charge in [-0.3, -0.25) is 9.78 Å². The van der Waals surface area contributed by atoms with Crippen molar-refractivity contribution in [3.05, 3.63) is 123 Å². The highest BCUT2D eigenvalue weighted by molar-refractivity contribution is 7.99. The Labute approximate surface area is 324 Å². The van der Waals surface area contributed by atoms with Crippen LogP contribution in [-0.2, 0) is 26.3 Å². The molecular weight excluding hydrogens is 682 g/mol. The van der Waals surface area contributed by atoms with E-state index in [9.17, 15) is 9.18 Å². The first-order chi connectivity index (χ1) is 24.8. The molecule has 0 saturated heterocycles. The monoisotopic (exact) mass is 745 g/mol. The molecule has 4 rings (SSSR count). The zero-order chi connectivity index (χ0) is 39.1. The summed E-state index contributed by atoms with van der Waals surface area (Å²) in [7, 11) is 2.08. The second-order valence-corrected chi connectivity index (χ2v) is 16.4. The van der Waals surface area contributed by atoms with E-state index >= 15 is 0 Å². The molecule has 0 N–H and O–H groups in total. The smallest absolute Gasteiger partial charge is 0.150 e. The minimum Gasteiger partial charge on any atom is -0.307 e. The molecule has 2 aromatic carbocycles. The van der Waals surface area contributed by atoms with Crippen molar-refractivity contribution in [2.24, 2.45) is 13.0 Å². The number of halogens is 1. The van der Waals surface area contributed by atoms with Crippen molar-refractivity contribution >= 4 is 29.6 Å². The Balaban J connectivity index is 0.000000408. The first-order valence-electron chi connectivity index (χ1n) is 18.8. The molecule has 0 saturated carbocycles. The van der Waals surface area contributed by atoms with Crippen LogP contribution in [0.5, 0.6) is 0 Å². The molecule has 7 heteroatoms. The van der Waals surface area contributed by atoms with E-state index in [0.717, 1.165) is 42.1 Å². The lowest BCUT2D eigenvalue weighted by Crippen LogP contribution is -2.09. The highest BCUT2D eigenvalue weighted by Crippen LogP contribution is 2.24. The van der Waals surface area contributed by atoms with Crippen LogP contribution in [0.25, 0.3) is 0 Å². The van der Waals surface area contributed by atoms with Crippen LogP contribution < -0.4 is 0 Å². The van der Waals surface area contributed by atoms with Gasteiger partial charge >= 0.3 is 0 Å². The predicted octanol–water partition coefficient (Wildman–Crippen LogP) is 13.1. The molecule has 0 aliphatic carbocycles. The molecule has 284 valence electrons. The summed E-state index contributed by atoms with van der Waals surface area (Å²) in [6, 6.07) is 18.6. The summed E-state index contributed by atoms with van der Waals surface area (Å²) in [4.78, 5) is 16.7. The zero-order valence-electron chi connectivity index (χ0n) is 33.6. The highest BCUT2D eigenvalue weighted by atomic mass is 32.2. The number of unbranched alkanes of at least 4 members (excludes halogenated alkanes) is 1. The second-order valence-electron chi connectivity index (χ2n) is 13.9. The number of allylic oxidation sites excluding steroid dienone is 1. The van der Waals surface area contributed by atoms with E-state index in [-0.39, 0.29) is 11.7 Å². The van der Waals surface area contributed by atoms with Gasteiger partial charge in [0.05, 0.1) is 11.6 Å². The fraction of sp³-hybridized carbons (Fsp3) is 0.489. The van der Waals surface area contributed by atoms with Gasteiger partial charge in [0, 0.05) is 46.2 Å². The van der Waals surface area contributed by atoms with Gasteiger partial charge < -0.3 is 3.96 Å². The van der Waals surface area contributed by atoms with Crippen LogP contribution in [0.3, 0.4) is 0 Å². The van der Waals surface area contributed by atoms with Crippen molar-refractivity contribution in [1.29, 1.82) is 5.26 Å². The largest absolute Gasteiger partial charge is 0.307 e. The molecule has 0 amide bonds. The van der Waals surface area contributed by atoms with E-state index in [1.807, 2.05) is 61.4 Å². The summed E-state index contributed by atoms with van der Waals surface area (Å²) in [6.07, 6.45) is 15.2. The molecular formula is C45H64FN3OS2. The molecule has 3 atom stereocenters. The fourth-order valence-corrected chi connectivity index (χ4v) is 6.88. The van der Waals surface area contributed by atoms with Gasteiger partial charge in [-0.15, -0.1) is 6.58 Å². The molecule has 0 radical (unpaired) electrons. The molecule has 0 aliphatic rings. The molecule has 4 aromatic rings. The van der Waals surface area contributed by atoms with Gasteiger partial charge in [0.2, 0.25) is 0 Å². The third-order valence-corrected chi connectivity index (χ3v) is 10.7. The van der Waals surface area contributed by atoms with E-state index in [0.29, 0.717) is 23.5 Å². The summed E-state index contributed by atoms with van der Waals surface area (Å²) >= 11 is 3.76. The van der Waals surface area contributed by atoms with Crippen molar-refractivity contribution in [1.82, 2.24) is 8.94 Å². The number of pyridine rings is 1. The van der Waals surface area contributed by atoms with E-state index in [1.54, 1.807) is 17.0 Å². The Hall–Kier alpha value is -3.47. The maximum Gasteiger partial charge on any atom is 0.150 e.